The van der Waals surface area contributed by atoms with E-state index in [9.17, 15) is 9.59 Å². The average Bonchev–Trinajstić information content (AvgIpc) is 2.73. The van der Waals surface area contributed by atoms with Crippen molar-refractivity contribution in [3.63, 3.8) is 0 Å². The van der Waals surface area contributed by atoms with E-state index in [1.165, 1.54) is 12.3 Å². The number of aromatic nitrogens is 2. The van der Waals surface area contributed by atoms with Gasteiger partial charge in [-0.2, -0.15) is 0 Å². The van der Waals surface area contributed by atoms with Crippen molar-refractivity contribution in [2.24, 2.45) is 0 Å². The van der Waals surface area contributed by atoms with Gasteiger partial charge in [0.1, 0.15) is 5.69 Å². The summed E-state index contributed by atoms with van der Waals surface area (Å²) in [5.74, 6) is -0.598. The van der Waals surface area contributed by atoms with Crippen molar-refractivity contribution >= 4 is 11.8 Å². The number of carbonyl (C=O) groups excluding carboxylic acids is 2. The molecule has 0 aliphatic carbocycles. The van der Waals surface area contributed by atoms with Gasteiger partial charge < -0.3 is 10.6 Å². The normalized spacial score (nSPS) is 11.4. The van der Waals surface area contributed by atoms with Crippen molar-refractivity contribution in [2.75, 3.05) is 0 Å². The standard InChI is InChI=1S/C21H20N4O2/c1-15(17-7-3-2-4-8-17)25-20(26)18-9-11-23-19(12-18)21(27)24-14-16-6-5-10-22-13-16/h2-13,15H,14H2,1H3,(H,24,27)(H,25,26). The van der Waals surface area contributed by atoms with Gasteiger partial charge in [0.15, 0.2) is 0 Å². The smallest absolute Gasteiger partial charge is 0.270 e. The molecule has 6 nitrogen and oxygen atoms in total. The topological polar surface area (TPSA) is 84.0 Å². The van der Waals surface area contributed by atoms with Crippen molar-refractivity contribution in [1.82, 2.24) is 20.6 Å². The van der Waals surface area contributed by atoms with Crippen LogP contribution in [0.1, 0.15) is 44.9 Å². The number of hydrogen-bond acceptors (Lipinski definition) is 4. The Morgan fingerprint density at radius 2 is 1.81 bits per heavy atom. The van der Waals surface area contributed by atoms with E-state index in [0.717, 1.165) is 11.1 Å². The van der Waals surface area contributed by atoms with Crippen LogP contribution in [0, 0.1) is 0 Å². The Hall–Kier alpha value is -3.54. The Kier molecular flexibility index (Phi) is 5.89. The highest BCUT2D eigenvalue weighted by Crippen LogP contribution is 2.12. The van der Waals surface area contributed by atoms with Gasteiger partial charge in [-0.15, -0.1) is 0 Å². The van der Waals surface area contributed by atoms with Crippen molar-refractivity contribution < 1.29 is 9.59 Å². The highest BCUT2D eigenvalue weighted by molar-refractivity contribution is 5.98. The van der Waals surface area contributed by atoms with Crippen LogP contribution in [0.4, 0.5) is 0 Å². The van der Waals surface area contributed by atoms with Crippen LogP contribution in [0.3, 0.4) is 0 Å². The first kappa shape index (κ1) is 18.3. The maximum absolute atomic E-state index is 12.5. The first-order chi connectivity index (χ1) is 13.1. The van der Waals surface area contributed by atoms with Gasteiger partial charge in [0, 0.05) is 30.7 Å². The molecule has 0 radical (unpaired) electrons. The summed E-state index contributed by atoms with van der Waals surface area (Å²) in [5, 5.41) is 5.70. The molecule has 1 unspecified atom stereocenters. The van der Waals surface area contributed by atoms with Crippen molar-refractivity contribution in [1.29, 1.82) is 0 Å². The number of nitrogens with zero attached hydrogens (tertiary/aromatic N) is 2. The molecule has 0 aliphatic heterocycles. The third-order valence-corrected chi connectivity index (χ3v) is 4.08. The second-order valence-corrected chi connectivity index (χ2v) is 6.08. The zero-order valence-corrected chi connectivity index (χ0v) is 14.9. The number of benzene rings is 1. The maximum Gasteiger partial charge on any atom is 0.270 e. The predicted octanol–water partition coefficient (Wildman–Crippen LogP) is 2.90. The summed E-state index contributed by atoms with van der Waals surface area (Å²) in [5.41, 5.74) is 2.48. The van der Waals surface area contributed by atoms with Gasteiger partial charge in [-0.05, 0) is 36.2 Å². The summed E-state index contributed by atoms with van der Waals surface area (Å²) in [6, 6.07) is 16.3. The quantitative estimate of drug-likeness (QED) is 0.708. The summed E-state index contributed by atoms with van der Waals surface area (Å²) < 4.78 is 0. The molecule has 6 heteroatoms. The van der Waals surface area contributed by atoms with Crippen LogP contribution < -0.4 is 10.6 Å². The molecule has 3 rings (SSSR count). The third kappa shape index (κ3) is 4.98. The Morgan fingerprint density at radius 1 is 1.00 bits per heavy atom. The minimum atomic E-state index is -0.343. The van der Waals surface area contributed by atoms with Crippen molar-refractivity contribution in [3.8, 4) is 0 Å². The summed E-state index contributed by atoms with van der Waals surface area (Å²) in [7, 11) is 0. The molecule has 136 valence electrons. The van der Waals surface area contributed by atoms with Gasteiger partial charge in [0.05, 0.1) is 6.04 Å². The van der Waals surface area contributed by atoms with Gasteiger partial charge in [-0.1, -0.05) is 36.4 Å². The Bertz CT molecular complexity index is 914. The Morgan fingerprint density at radius 3 is 2.56 bits per heavy atom. The van der Waals surface area contributed by atoms with E-state index in [2.05, 4.69) is 20.6 Å². The summed E-state index contributed by atoms with van der Waals surface area (Å²) >= 11 is 0. The molecule has 0 saturated heterocycles. The minimum absolute atomic E-state index is 0.144. The molecule has 3 aromatic rings. The number of carbonyl (C=O) groups is 2. The molecular weight excluding hydrogens is 340 g/mol. The summed E-state index contributed by atoms with van der Waals surface area (Å²) in [6.07, 6.45) is 4.81. The van der Waals surface area contributed by atoms with Gasteiger partial charge >= 0.3 is 0 Å². The number of hydrogen-bond donors (Lipinski definition) is 2. The fourth-order valence-electron chi connectivity index (χ4n) is 2.58. The molecule has 2 aromatic heterocycles. The van der Waals surface area contributed by atoms with Crippen LogP contribution in [0.2, 0.25) is 0 Å². The van der Waals surface area contributed by atoms with Gasteiger partial charge in [0.25, 0.3) is 11.8 Å². The largest absolute Gasteiger partial charge is 0.347 e. The molecule has 27 heavy (non-hydrogen) atoms. The zero-order chi connectivity index (χ0) is 19.1. The number of rotatable bonds is 6. The zero-order valence-electron chi connectivity index (χ0n) is 14.9. The number of nitrogens with one attached hydrogen (secondary N) is 2. The molecule has 0 saturated carbocycles. The maximum atomic E-state index is 12.5. The average molecular weight is 360 g/mol. The summed E-state index contributed by atoms with van der Waals surface area (Å²) in [6.45, 7) is 2.26. The number of amides is 2. The Labute approximate surface area is 157 Å². The molecule has 0 bridgehead atoms. The van der Waals surface area contributed by atoms with E-state index in [4.69, 9.17) is 0 Å². The van der Waals surface area contributed by atoms with Crippen molar-refractivity contribution in [3.05, 3.63) is 95.6 Å². The highest BCUT2D eigenvalue weighted by Gasteiger charge is 2.14. The lowest BCUT2D eigenvalue weighted by molar-refractivity contribution is 0.0939. The lowest BCUT2D eigenvalue weighted by Gasteiger charge is -2.14. The van der Waals surface area contributed by atoms with E-state index >= 15 is 0 Å². The van der Waals surface area contributed by atoms with Crippen LogP contribution in [-0.2, 0) is 6.54 Å². The number of pyridine rings is 2. The molecule has 2 amide bonds. The highest BCUT2D eigenvalue weighted by atomic mass is 16.2. The fraction of sp³-hybridized carbons (Fsp3) is 0.143. The Balaban J connectivity index is 1.64. The van der Waals surface area contributed by atoms with Crippen LogP contribution in [0.15, 0.2) is 73.2 Å². The second-order valence-electron chi connectivity index (χ2n) is 6.08. The molecule has 1 aromatic carbocycles. The molecule has 2 heterocycles. The molecule has 0 aliphatic rings. The third-order valence-electron chi connectivity index (χ3n) is 4.08. The first-order valence-corrected chi connectivity index (χ1v) is 8.62. The second kappa shape index (κ2) is 8.71. The van der Waals surface area contributed by atoms with Crippen LogP contribution in [0.5, 0.6) is 0 Å². The van der Waals surface area contributed by atoms with Crippen molar-refractivity contribution in [2.45, 2.75) is 19.5 Å². The summed E-state index contributed by atoms with van der Waals surface area (Å²) in [4.78, 5) is 32.9. The molecule has 0 spiro atoms. The first-order valence-electron chi connectivity index (χ1n) is 8.62. The molecule has 2 N–H and O–H groups in total. The monoisotopic (exact) mass is 360 g/mol. The molecular formula is C21H20N4O2. The van der Waals surface area contributed by atoms with E-state index in [0.29, 0.717) is 12.1 Å². The van der Waals surface area contributed by atoms with Crippen LogP contribution in [-0.4, -0.2) is 21.8 Å². The SMILES string of the molecule is CC(NC(=O)c1ccnc(C(=O)NCc2cccnc2)c1)c1ccccc1. The van der Waals surface area contributed by atoms with Gasteiger partial charge in [-0.25, -0.2) is 0 Å². The fourth-order valence-corrected chi connectivity index (χ4v) is 2.58. The van der Waals surface area contributed by atoms with Gasteiger partial charge in [-0.3, -0.25) is 19.6 Å². The van der Waals surface area contributed by atoms with Gasteiger partial charge in [0.2, 0.25) is 0 Å². The van der Waals surface area contributed by atoms with E-state index in [1.54, 1.807) is 24.5 Å². The lowest BCUT2D eigenvalue weighted by atomic mass is 10.1. The van der Waals surface area contributed by atoms with E-state index in [-0.39, 0.29) is 23.6 Å². The minimum Gasteiger partial charge on any atom is -0.347 e. The molecule has 0 fully saturated rings. The van der Waals surface area contributed by atoms with Crippen LogP contribution in [0.25, 0.3) is 0 Å². The van der Waals surface area contributed by atoms with E-state index < -0.39 is 0 Å². The van der Waals surface area contributed by atoms with E-state index in [1.807, 2.05) is 43.3 Å². The van der Waals surface area contributed by atoms with Crippen LogP contribution >= 0.6 is 0 Å². The lowest BCUT2D eigenvalue weighted by Crippen LogP contribution is -2.28. The predicted molar refractivity (Wildman–Crippen MR) is 102 cm³/mol. The molecule has 1 atom stereocenters.